The Bertz CT molecular complexity index is 570. The van der Waals surface area contributed by atoms with Crippen LogP contribution in [-0.2, 0) is 0 Å². The minimum atomic E-state index is 0.0604. The monoisotopic (exact) mass is 314 g/mol. The molecule has 4 nitrogen and oxygen atoms in total. The van der Waals surface area contributed by atoms with E-state index in [2.05, 4.69) is 6.92 Å². The summed E-state index contributed by atoms with van der Waals surface area (Å²) in [5.74, 6) is 0.822. The third kappa shape index (κ3) is 3.74. The fourth-order valence-electron chi connectivity index (χ4n) is 3.46. The zero-order valence-electron chi connectivity index (χ0n) is 14.0. The Morgan fingerprint density at radius 1 is 0.870 bits per heavy atom. The number of hydrogen-bond acceptors (Lipinski definition) is 2. The van der Waals surface area contributed by atoms with E-state index in [1.165, 1.54) is 6.42 Å². The van der Waals surface area contributed by atoms with E-state index in [4.69, 9.17) is 0 Å². The van der Waals surface area contributed by atoms with Crippen molar-refractivity contribution in [1.29, 1.82) is 0 Å². The van der Waals surface area contributed by atoms with Crippen molar-refractivity contribution in [2.45, 2.75) is 39.0 Å². The molecule has 0 aromatic heterocycles. The molecule has 3 rings (SSSR count). The van der Waals surface area contributed by atoms with E-state index in [0.29, 0.717) is 17.0 Å². The summed E-state index contributed by atoms with van der Waals surface area (Å²) in [5, 5.41) is 0. The molecule has 2 amide bonds. The Kier molecular flexibility index (Phi) is 4.99. The van der Waals surface area contributed by atoms with Crippen LogP contribution in [0.3, 0.4) is 0 Å². The summed E-state index contributed by atoms with van der Waals surface area (Å²) in [6.07, 6.45) is 5.50. The van der Waals surface area contributed by atoms with Crippen LogP contribution in [0, 0.1) is 5.92 Å². The molecule has 0 spiro atoms. The van der Waals surface area contributed by atoms with Gasteiger partial charge in [0.1, 0.15) is 0 Å². The molecule has 0 saturated carbocycles. The number of likely N-dealkylation sites (tertiary alicyclic amines) is 2. The van der Waals surface area contributed by atoms with Gasteiger partial charge in [-0.2, -0.15) is 0 Å². The average molecular weight is 314 g/mol. The Morgan fingerprint density at radius 3 is 1.96 bits per heavy atom. The molecule has 2 aliphatic rings. The van der Waals surface area contributed by atoms with Crippen molar-refractivity contribution >= 4 is 11.8 Å². The van der Waals surface area contributed by atoms with Crippen molar-refractivity contribution in [2.75, 3.05) is 26.2 Å². The predicted octanol–water partition coefficient (Wildman–Crippen LogP) is 3.18. The Hall–Kier alpha value is -1.84. The number of piperidine rings is 2. The lowest BCUT2D eigenvalue weighted by atomic mass is 9.98. The quantitative estimate of drug-likeness (QED) is 0.841. The van der Waals surface area contributed by atoms with Crippen LogP contribution in [0.25, 0.3) is 0 Å². The molecular weight excluding hydrogens is 288 g/mol. The minimum Gasteiger partial charge on any atom is -0.339 e. The van der Waals surface area contributed by atoms with E-state index in [-0.39, 0.29) is 11.8 Å². The van der Waals surface area contributed by atoms with Crippen molar-refractivity contribution in [3.63, 3.8) is 0 Å². The van der Waals surface area contributed by atoms with Gasteiger partial charge >= 0.3 is 0 Å². The third-order valence-electron chi connectivity index (χ3n) is 5.07. The van der Waals surface area contributed by atoms with Crippen LogP contribution in [0.5, 0.6) is 0 Å². The molecule has 4 heteroatoms. The smallest absolute Gasteiger partial charge is 0.253 e. The maximum Gasteiger partial charge on any atom is 0.253 e. The fourth-order valence-corrected chi connectivity index (χ4v) is 3.46. The van der Waals surface area contributed by atoms with Gasteiger partial charge < -0.3 is 9.80 Å². The van der Waals surface area contributed by atoms with Crippen LogP contribution in [0.2, 0.25) is 0 Å². The maximum atomic E-state index is 12.7. The van der Waals surface area contributed by atoms with Gasteiger partial charge in [-0.15, -0.1) is 0 Å². The van der Waals surface area contributed by atoms with E-state index in [9.17, 15) is 9.59 Å². The summed E-state index contributed by atoms with van der Waals surface area (Å²) in [5.41, 5.74) is 1.28. The van der Waals surface area contributed by atoms with E-state index < -0.39 is 0 Å². The van der Waals surface area contributed by atoms with Gasteiger partial charge in [-0.05, 0) is 56.2 Å². The van der Waals surface area contributed by atoms with Gasteiger partial charge in [0.15, 0.2) is 0 Å². The standard InChI is InChI=1S/C19H26N2O2/c1-15-8-12-21(13-9-15)19(23)17-7-5-6-16(14-17)18(22)20-10-3-2-4-11-20/h5-7,14-15H,2-4,8-13H2,1H3. The van der Waals surface area contributed by atoms with Crippen LogP contribution in [0.4, 0.5) is 0 Å². The first-order valence-electron chi connectivity index (χ1n) is 8.84. The van der Waals surface area contributed by atoms with Crippen molar-refractivity contribution in [3.8, 4) is 0 Å². The highest BCUT2D eigenvalue weighted by Gasteiger charge is 2.23. The summed E-state index contributed by atoms with van der Waals surface area (Å²) in [6, 6.07) is 7.26. The average Bonchev–Trinajstić information content (AvgIpc) is 2.62. The largest absolute Gasteiger partial charge is 0.339 e. The van der Waals surface area contributed by atoms with Crippen molar-refractivity contribution in [1.82, 2.24) is 9.80 Å². The summed E-state index contributed by atoms with van der Waals surface area (Å²) in [6.45, 7) is 5.55. The molecule has 124 valence electrons. The first-order chi connectivity index (χ1) is 11.1. The number of rotatable bonds is 2. The summed E-state index contributed by atoms with van der Waals surface area (Å²) >= 11 is 0. The van der Waals surface area contributed by atoms with Crippen LogP contribution >= 0.6 is 0 Å². The molecule has 0 unspecified atom stereocenters. The lowest BCUT2D eigenvalue weighted by Crippen LogP contribution is -2.38. The summed E-state index contributed by atoms with van der Waals surface area (Å²) in [4.78, 5) is 29.1. The van der Waals surface area contributed by atoms with Crippen molar-refractivity contribution < 1.29 is 9.59 Å². The van der Waals surface area contributed by atoms with Crippen molar-refractivity contribution in [2.24, 2.45) is 5.92 Å². The number of benzene rings is 1. The summed E-state index contributed by atoms with van der Waals surface area (Å²) in [7, 11) is 0. The molecular formula is C19H26N2O2. The number of hydrogen-bond donors (Lipinski definition) is 0. The topological polar surface area (TPSA) is 40.6 Å². The molecule has 2 fully saturated rings. The zero-order valence-corrected chi connectivity index (χ0v) is 14.0. The van der Waals surface area contributed by atoms with Gasteiger partial charge in [-0.25, -0.2) is 0 Å². The second kappa shape index (κ2) is 7.16. The molecule has 0 radical (unpaired) electrons. The van der Waals surface area contributed by atoms with Gasteiger partial charge in [0, 0.05) is 37.3 Å². The van der Waals surface area contributed by atoms with E-state index in [1.54, 1.807) is 6.07 Å². The number of nitrogens with zero attached hydrogens (tertiary/aromatic N) is 2. The van der Waals surface area contributed by atoms with Crippen LogP contribution in [0.1, 0.15) is 59.7 Å². The van der Waals surface area contributed by atoms with Crippen LogP contribution in [0.15, 0.2) is 24.3 Å². The lowest BCUT2D eigenvalue weighted by Gasteiger charge is -2.30. The molecule has 1 aromatic carbocycles. The van der Waals surface area contributed by atoms with Gasteiger partial charge in [0.2, 0.25) is 0 Å². The second-order valence-corrected chi connectivity index (χ2v) is 6.91. The number of amides is 2. The Balaban J connectivity index is 1.71. The third-order valence-corrected chi connectivity index (χ3v) is 5.07. The normalized spacial score (nSPS) is 19.7. The highest BCUT2D eigenvalue weighted by atomic mass is 16.2. The van der Waals surface area contributed by atoms with Gasteiger partial charge in [-0.1, -0.05) is 13.0 Å². The second-order valence-electron chi connectivity index (χ2n) is 6.91. The molecule has 1 aromatic rings. The highest BCUT2D eigenvalue weighted by Crippen LogP contribution is 2.19. The fraction of sp³-hybridized carbons (Fsp3) is 0.579. The van der Waals surface area contributed by atoms with E-state index >= 15 is 0 Å². The molecule has 0 N–H and O–H groups in total. The predicted molar refractivity (Wildman–Crippen MR) is 90.5 cm³/mol. The highest BCUT2D eigenvalue weighted by molar-refractivity contribution is 5.99. The lowest BCUT2D eigenvalue weighted by molar-refractivity contribution is 0.0697. The van der Waals surface area contributed by atoms with Gasteiger partial charge in [0.25, 0.3) is 11.8 Å². The van der Waals surface area contributed by atoms with Crippen LogP contribution in [-0.4, -0.2) is 47.8 Å². The first kappa shape index (κ1) is 16.0. The zero-order chi connectivity index (χ0) is 16.2. The minimum absolute atomic E-state index is 0.0604. The molecule has 0 bridgehead atoms. The maximum absolute atomic E-state index is 12.7. The first-order valence-corrected chi connectivity index (χ1v) is 8.84. The van der Waals surface area contributed by atoms with Crippen molar-refractivity contribution in [3.05, 3.63) is 35.4 Å². The number of carbonyl (C=O) groups excluding carboxylic acids is 2. The molecule has 23 heavy (non-hydrogen) atoms. The van der Waals surface area contributed by atoms with Gasteiger partial charge in [0.05, 0.1) is 0 Å². The van der Waals surface area contributed by atoms with E-state index in [0.717, 1.165) is 51.9 Å². The molecule has 0 aliphatic carbocycles. The molecule has 2 saturated heterocycles. The van der Waals surface area contributed by atoms with Gasteiger partial charge in [-0.3, -0.25) is 9.59 Å². The Morgan fingerprint density at radius 2 is 1.39 bits per heavy atom. The SMILES string of the molecule is CC1CCN(C(=O)c2cccc(C(=O)N3CCCCC3)c2)CC1. The van der Waals surface area contributed by atoms with E-state index in [1.807, 2.05) is 28.0 Å². The van der Waals surface area contributed by atoms with Crippen LogP contribution < -0.4 is 0 Å². The Labute approximate surface area is 138 Å². The molecule has 2 heterocycles. The summed E-state index contributed by atoms with van der Waals surface area (Å²) < 4.78 is 0. The molecule has 0 atom stereocenters. The number of carbonyl (C=O) groups is 2. The molecule has 2 aliphatic heterocycles.